The molecule has 4 heteroatoms. The summed E-state index contributed by atoms with van der Waals surface area (Å²) in [6.45, 7) is 5.73. The van der Waals surface area contributed by atoms with Gasteiger partial charge in [-0.15, -0.1) is 0 Å². The molecule has 0 fully saturated rings. The van der Waals surface area contributed by atoms with Gasteiger partial charge in [0.05, 0.1) is 0 Å². The van der Waals surface area contributed by atoms with Crippen LogP contribution in [0.5, 0.6) is 0 Å². The smallest absolute Gasteiger partial charge is 0.169 e. The summed E-state index contributed by atoms with van der Waals surface area (Å²) in [7, 11) is 1.97. The Bertz CT molecular complexity index is 635. The van der Waals surface area contributed by atoms with Crippen molar-refractivity contribution in [2.75, 3.05) is 7.05 Å². The number of benzene rings is 2. The number of rotatable bonds is 5. The van der Waals surface area contributed by atoms with Gasteiger partial charge in [-0.3, -0.25) is 0 Å². The first-order valence-electron chi connectivity index (χ1n) is 7.78. The van der Waals surface area contributed by atoms with Gasteiger partial charge >= 0.3 is 0 Å². The zero-order chi connectivity index (χ0) is 16.8. The van der Waals surface area contributed by atoms with E-state index in [9.17, 15) is 4.39 Å². The van der Waals surface area contributed by atoms with Crippen LogP contribution in [0, 0.1) is 5.82 Å². The Labute approximate surface area is 143 Å². The van der Waals surface area contributed by atoms with Gasteiger partial charge in [0.25, 0.3) is 0 Å². The third kappa shape index (κ3) is 5.32. The molecule has 2 nitrogen and oxygen atoms in total. The number of hydrogen-bond donors (Lipinski definition) is 1. The molecule has 0 aliphatic heterocycles. The molecule has 2 aromatic carbocycles. The van der Waals surface area contributed by atoms with Crippen LogP contribution in [0.1, 0.15) is 36.5 Å². The third-order valence-corrected chi connectivity index (χ3v) is 4.23. The normalized spacial score (nSPS) is 10.7. The van der Waals surface area contributed by atoms with Crippen molar-refractivity contribution < 1.29 is 4.39 Å². The van der Waals surface area contributed by atoms with E-state index in [4.69, 9.17) is 12.2 Å². The highest BCUT2D eigenvalue weighted by molar-refractivity contribution is 7.80. The van der Waals surface area contributed by atoms with Crippen molar-refractivity contribution in [3.05, 3.63) is 71.0 Å². The lowest BCUT2D eigenvalue weighted by atomic mass is 10.0. The molecule has 23 heavy (non-hydrogen) atoms. The Morgan fingerprint density at radius 3 is 2.17 bits per heavy atom. The van der Waals surface area contributed by atoms with Gasteiger partial charge in [-0.05, 0) is 47.0 Å². The maximum absolute atomic E-state index is 12.9. The molecule has 122 valence electrons. The van der Waals surface area contributed by atoms with E-state index in [1.54, 1.807) is 12.1 Å². The van der Waals surface area contributed by atoms with Crippen molar-refractivity contribution in [3.8, 4) is 0 Å². The van der Waals surface area contributed by atoms with Crippen molar-refractivity contribution in [1.82, 2.24) is 10.2 Å². The van der Waals surface area contributed by atoms with Crippen LogP contribution >= 0.6 is 12.2 Å². The van der Waals surface area contributed by atoms with E-state index in [-0.39, 0.29) is 5.82 Å². The van der Waals surface area contributed by atoms with Gasteiger partial charge in [0, 0.05) is 20.1 Å². The summed E-state index contributed by atoms with van der Waals surface area (Å²) >= 11 is 5.41. The summed E-state index contributed by atoms with van der Waals surface area (Å²) in [4.78, 5) is 2.00. The second kappa shape index (κ2) is 8.06. The van der Waals surface area contributed by atoms with Crippen molar-refractivity contribution in [3.63, 3.8) is 0 Å². The Morgan fingerprint density at radius 2 is 1.61 bits per heavy atom. The molecule has 0 spiro atoms. The molecule has 0 radical (unpaired) electrons. The highest BCUT2D eigenvalue weighted by Gasteiger charge is 2.06. The Balaban J connectivity index is 1.85. The predicted octanol–water partition coefficient (Wildman–Crippen LogP) is 4.46. The second-order valence-electron chi connectivity index (χ2n) is 6.04. The Kier molecular flexibility index (Phi) is 6.11. The Morgan fingerprint density at radius 1 is 1.04 bits per heavy atom. The molecule has 0 amide bonds. The number of nitrogens with one attached hydrogen (secondary N) is 1. The third-order valence-electron chi connectivity index (χ3n) is 3.77. The summed E-state index contributed by atoms with van der Waals surface area (Å²) in [6.07, 6.45) is 0. The Hall–Kier alpha value is -1.94. The van der Waals surface area contributed by atoms with Crippen molar-refractivity contribution in [1.29, 1.82) is 0 Å². The highest BCUT2D eigenvalue weighted by Crippen LogP contribution is 2.15. The van der Waals surface area contributed by atoms with Crippen LogP contribution in [-0.2, 0) is 13.1 Å². The molecular formula is C19H23FN2S. The summed E-state index contributed by atoms with van der Waals surface area (Å²) < 4.78 is 12.9. The van der Waals surface area contributed by atoms with E-state index in [2.05, 4.69) is 43.4 Å². The average Bonchev–Trinajstić information content (AvgIpc) is 2.54. The summed E-state index contributed by atoms with van der Waals surface area (Å²) in [6, 6.07) is 15.1. The van der Waals surface area contributed by atoms with Gasteiger partial charge in [-0.2, -0.15) is 0 Å². The number of nitrogens with zero attached hydrogens (tertiary/aromatic N) is 1. The molecule has 2 aromatic rings. The number of hydrogen-bond acceptors (Lipinski definition) is 1. The molecule has 0 aliphatic rings. The summed E-state index contributed by atoms with van der Waals surface area (Å²) in [5.74, 6) is 0.318. The van der Waals surface area contributed by atoms with E-state index < -0.39 is 0 Å². The first kappa shape index (κ1) is 17.4. The second-order valence-corrected chi connectivity index (χ2v) is 6.42. The average molecular weight is 330 g/mol. The van der Waals surface area contributed by atoms with Gasteiger partial charge in [-0.25, -0.2) is 4.39 Å². The van der Waals surface area contributed by atoms with Crippen molar-refractivity contribution in [2.45, 2.75) is 32.9 Å². The molecule has 0 bridgehead atoms. The van der Waals surface area contributed by atoms with Gasteiger partial charge in [-0.1, -0.05) is 50.2 Å². The van der Waals surface area contributed by atoms with E-state index in [0.29, 0.717) is 17.6 Å². The zero-order valence-corrected chi connectivity index (χ0v) is 14.7. The molecular weight excluding hydrogens is 307 g/mol. The predicted molar refractivity (Wildman–Crippen MR) is 97.8 cm³/mol. The van der Waals surface area contributed by atoms with Crippen molar-refractivity contribution in [2.24, 2.45) is 0 Å². The fraction of sp³-hybridized carbons (Fsp3) is 0.316. The van der Waals surface area contributed by atoms with Crippen LogP contribution in [0.25, 0.3) is 0 Å². The SMILES string of the molecule is CC(C)c1ccc(CN(C)C(=S)NCc2ccc(F)cc2)cc1. The van der Waals surface area contributed by atoms with E-state index in [1.807, 2.05) is 11.9 Å². The van der Waals surface area contributed by atoms with Gasteiger partial charge in [0.15, 0.2) is 5.11 Å². The summed E-state index contributed by atoms with van der Waals surface area (Å²) in [5.41, 5.74) is 3.57. The van der Waals surface area contributed by atoms with E-state index in [0.717, 1.165) is 12.1 Å². The minimum Gasteiger partial charge on any atom is -0.358 e. The minimum atomic E-state index is -0.224. The quantitative estimate of drug-likeness (QED) is 0.815. The van der Waals surface area contributed by atoms with Crippen LogP contribution in [0.2, 0.25) is 0 Å². The molecule has 2 rings (SSSR count). The van der Waals surface area contributed by atoms with Crippen LogP contribution in [0.15, 0.2) is 48.5 Å². The first-order valence-corrected chi connectivity index (χ1v) is 8.19. The van der Waals surface area contributed by atoms with Crippen molar-refractivity contribution >= 4 is 17.3 Å². The molecule has 0 saturated carbocycles. The number of thiocarbonyl (C=S) groups is 1. The van der Waals surface area contributed by atoms with Crippen LogP contribution in [0.3, 0.4) is 0 Å². The van der Waals surface area contributed by atoms with Crippen LogP contribution < -0.4 is 5.32 Å². The molecule has 0 atom stereocenters. The fourth-order valence-corrected chi connectivity index (χ4v) is 2.41. The lowest BCUT2D eigenvalue weighted by Crippen LogP contribution is -2.36. The lowest BCUT2D eigenvalue weighted by Gasteiger charge is -2.21. The summed E-state index contributed by atoms with van der Waals surface area (Å²) in [5, 5.41) is 3.89. The molecule has 0 aromatic heterocycles. The molecule has 0 heterocycles. The molecule has 0 saturated heterocycles. The fourth-order valence-electron chi connectivity index (χ4n) is 2.27. The monoisotopic (exact) mass is 330 g/mol. The van der Waals surface area contributed by atoms with Crippen LogP contribution in [0.4, 0.5) is 4.39 Å². The van der Waals surface area contributed by atoms with Gasteiger partial charge in [0.2, 0.25) is 0 Å². The maximum atomic E-state index is 12.9. The largest absolute Gasteiger partial charge is 0.358 e. The topological polar surface area (TPSA) is 15.3 Å². The first-order chi connectivity index (χ1) is 11.0. The standard InChI is InChI=1S/C19H23FN2S/c1-14(2)17-8-4-16(5-9-17)13-22(3)19(23)21-12-15-6-10-18(20)11-7-15/h4-11,14H,12-13H2,1-3H3,(H,21,23). The minimum absolute atomic E-state index is 0.224. The van der Waals surface area contributed by atoms with E-state index in [1.165, 1.54) is 23.3 Å². The highest BCUT2D eigenvalue weighted by atomic mass is 32.1. The van der Waals surface area contributed by atoms with Gasteiger partial charge in [0.1, 0.15) is 5.82 Å². The van der Waals surface area contributed by atoms with Crippen LogP contribution in [-0.4, -0.2) is 17.1 Å². The molecule has 0 aliphatic carbocycles. The van der Waals surface area contributed by atoms with Gasteiger partial charge < -0.3 is 10.2 Å². The van der Waals surface area contributed by atoms with E-state index >= 15 is 0 Å². The lowest BCUT2D eigenvalue weighted by molar-refractivity contribution is 0.488. The molecule has 0 unspecified atom stereocenters. The molecule has 1 N–H and O–H groups in total. The zero-order valence-electron chi connectivity index (χ0n) is 13.8. The number of halogens is 1. The maximum Gasteiger partial charge on any atom is 0.169 e.